The van der Waals surface area contributed by atoms with E-state index in [2.05, 4.69) is 0 Å². The van der Waals surface area contributed by atoms with E-state index < -0.39 is 41.9 Å². The van der Waals surface area contributed by atoms with Crippen molar-refractivity contribution < 1.29 is 38.5 Å². The van der Waals surface area contributed by atoms with E-state index in [1.165, 1.54) is 12.1 Å². The summed E-state index contributed by atoms with van der Waals surface area (Å²) in [6.45, 7) is 8.94. The molecule has 0 radical (unpaired) electrons. The maximum atomic E-state index is 12.2. The van der Waals surface area contributed by atoms with E-state index in [1.807, 2.05) is 20.8 Å². The number of hydrogen-bond donors (Lipinski definition) is 2. The topological polar surface area (TPSA) is 142 Å². The number of carbonyl (C=O) groups excluding carboxylic acids is 3. The van der Waals surface area contributed by atoms with Crippen LogP contribution < -0.4 is 15.2 Å². The Morgan fingerprint density at radius 1 is 0.853 bits per heavy atom. The average Bonchev–Trinajstić information content (AvgIpc) is 2.75. The highest BCUT2D eigenvalue weighted by atomic mass is 16.6. The van der Waals surface area contributed by atoms with Crippen LogP contribution in [0.15, 0.2) is 18.2 Å². The zero-order valence-electron chi connectivity index (χ0n) is 20.7. The molecular weight excluding hydrogens is 442 g/mol. The number of nitrogens with two attached hydrogens (primary N) is 1. The van der Waals surface area contributed by atoms with Gasteiger partial charge in [0.25, 0.3) is 0 Å². The zero-order valence-corrected chi connectivity index (χ0v) is 20.7. The highest BCUT2D eigenvalue weighted by Crippen LogP contribution is 2.37. The van der Waals surface area contributed by atoms with E-state index in [0.29, 0.717) is 24.8 Å². The summed E-state index contributed by atoms with van der Waals surface area (Å²) in [4.78, 5) is 48.0. The first-order valence-electron chi connectivity index (χ1n) is 11.8. The van der Waals surface area contributed by atoms with Crippen molar-refractivity contribution in [2.24, 2.45) is 11.7 Å². The van der Waals surface area contributed by atoms with Gasteiger partial charge in [-0.1, -0.05) is 33.8 Å². The van der Waals surface area contributed by atoms with E-state index in [1.54, 1.807) is 19.9 Å². The second kappa shape index (κ2) is 14.3. The molecule has 1 rings (SSSR count). The maximum absolute atomic E-state index is 12.2. The van der Waals surface area contributed by atoms with Crippen LogP contribution in [-0.2, 0) is 23.9 Å². The molecule has 0 spiro atoms. The third-order valence-electron chi connectivity index (χ3n) is 5.46. The van der Waals surface area contributed by atoms with Crippen molar-refractivity contribution in [2.45, 2.75) is 91.2 Å². The van der Waals surface area contributed by atoms with Crippen LogP contribution >= 0.6 is 0 Å². The molecule has 1 aromatic rings. The van der Waals surface area contributed by atoms with Crippen molar-refractivity contribution >= 4 is 23.9 Å². The summed E-state index contributed by atoms with van der Waals surface area (Å²) in [6.07, 6.45) is 1.75. The van der Waals surface area contributed by atoms with Crippen molar-refractivity contribution in [1.29, 1.82) is 0 Å². The number of hydrogen-bond acceptors (Lipinski definition) is 8. The van der Waals surface area contributed by atoms with Gasteiger partial charge in [0.15, 0.2) is 11.5 Å². The molecule has 0 bridgehead atoms. The Labute approximate surface area is 200 Å². The van der Waals surface area contributed by atoms with Crippen molar-refractivity contribution in [3.05, 3.63) is 23.8 Å². The lowest BCUT2D eigenvalue weighted by molar-refractivity contribution is -0.151. The first kappa shape index (κ1) is 29.1. The number of ether oxygens (including phenoxy) is 3. The molecule has 0 fully saturated rings. The monoisotopic (exact) mass is 479 g/mol. The minimum Gasteiger partial charge on any atom is -0.480 e. The van der Waals surface area contributed by atoms with Gasteiger partial charge in [-0.05, 0) is 43.9 Å². The highest BCUT2D eigenvalue weighted by Gasteiger charge is 2.35. The largest absolute Gasteiger partial charge is 0.480 e. The van der Waals surface area contributed by atoms with E-state index >= 15 is 0 Å². The molecule has 0 aromatic heterocycles. The van der Waals surface area contributed by atoms with Crippen LogP contribution in [0.3, 0.4) is 0 Å². The molecular formula is C25H37NO8. The fourth-order valence-corrected chi connectivity index (χ4v) is 3.51. The predicted octanol–water partition coefficient (Wildman–Crippen LogP) is 3.96. The Bertz CT molecular complexity index is 853. The fourth-order valence-electron chi connectivity index (χ4n) is 3.51. The highest BCUT2D eigenvalue weighted by molar-refractivity contribution is 5.77. The normalized spacial score (nSPS) is 14.4. The van der Waals surface area contributed by atoms with Crippen molar-refractivity contribution in [1.82, 2.24) is 0 Å². The van der Waals surface area contributed by atoms with Gasteiger partial charge in [-0.15, -0.1) is 0 Å². The molecule has 0 amide bonds. The maximum Gasteiger partial charge on any atom is 0.321 e. The number of rotatable bonds is 14. The van der Waals surface area contributed by atoms with Crippen molar-refractivity contribution in [3.63, 3.8) is 0 Å². The van der Waals surface area contributed by atoms with E-state index in [9.17, 15) is 24.3 Å². The van der Waals surface area contributed by atoms with Crippen LogP contribution in [0.25, 0.3) is 0 Å². The molecule has 1 aromatic carbocycles. The molecule has 0 aliphatic heterocycles. The minimum atomic E-state index is -1.32. The minimum absolute atomic E-state index is 0.00539. The molecule has 9 heteroatoms. The number of aliphatic carboxylic acids is 1. The van der Waals surface area contributed by atoms with Crippen LogP contribution in [0.5, 0.6) is 11.5 Å². The third-order valence-corrected chi connectivity index (χ3v) is 5.46. The molecule has 4 atom stereocenters. The van der Waals surface area contributed by atoms with Gasteiger partial charge in [-0.25, -0.2) is 0 Å². The second-order valence-electron chi connectivity index (χ2n) is 8.35. The Morgan fingerprint density at radius 3 is 1.85 bits per heavy atom. The summed E-state index contributed by atoms with van der Waals surface area (Å²) in [5.41, 5.74) is 6.50. The van der Waals surface area contributed by atoms with E-state index in [0.717, 1.165) is 0 Å². The molecule has 9 nitrogen and oxygen atoms in total. The lowest BCUT2D eigenvalue weighted by Crippen LogP contribution is -2.42. The molecule has 0 aliphatic rings. The molecule has 0 aliphatic carbocycles. The first-order chi connectivity index (χ1) is 16.0. The molecule has 3 N–H and O–H groups in total. The smallest absolute Gasteiger partial charge is 0.321 e. The number of esters is 3. The van der Waals surface area contributed by atoms with Gasteiger partial charge in [-0.2, -0.15) is 0 Å². The van der Waals surface area contributed by atoms with Gasteiger partial charge in [0.1, 0.15) is 12.1 Å². The Morgan fingerprint density at radius 2 is 1.35 bits per heavy atom. The predicted molar refractivity (Wildman–Crippen MR) is 126 cm³/mol. The van der Waals surface area contributed by atoms with Gasteiger partial charge in [0.2, 0.25) is 0 Å². The summed E-state index contributed by atoms with van der Waals surface area (Å²) >= 11 is 0. The van der Waals surface area contributed by atoms with Gasteiger partial charge in [0.05, 0.1) is 0 Å². The summed E-state index contributed by atoms with van der Waals surface area (Å²) in [5, 5.41) is 9.64. The lowest BCUT2D eigenvalue weighted by Gasteiger charge is -2.32. The Hall–Kier alpha value is -2.94. The van der Waals surface area contributed by atoms with E-state index in [-0.39, 0.29) is 36.7 Å². The van der Waals surface area contributed by atoms with Crippen LogP contribution in [0.2, 0.25) is 0 Å². The third kappa shape index (κ3) is 8.78. The molecule has 3 unspecified atom stereocenters. The summed E-state index contributed by atoms with van der Waals surface area (Å²) in [6, 6.07) is 3.18. The lowest BCUT2D eigenvalue weighted by atomic mass is 9.79. The Kier molecular flexibility index (Phi) is 12.3. The standard InChI is InChI=1S/C25H37NO8/c1-6-9-20(27)32-16(5)15(4)23(24(26)25(30)31)17-12-13-18(33-21(28)10-7-2)19(14-17)34-22(29)11-8-3/h12-16,23-24H,6-11,26H2,1-5H3,(H,30,31)/t15?,16?,23?,24-/m0/s1. The summed E-state index contributed by atoms with van der Waals surface area (Å²) < 4.78 is 16.3. The van der Waals surface area contributed by atoms with Crippen LogP contribution in [-0.4, -0.2) is 41.1 Å². The average molecular weight is 480 g/mol. The summed E-state index contributed by atoms with van der Waals surface area (Å²) in [7, 11) is 0. The number of benzene rings is 1. The summed E-state index contributed by atoms with van der Waals surface area (Å²) in [5.74, 6) is -3.81. The quantitative estimate of drug-likeness (QED) is 0.299. The first-order valence-corrected chi connectivity index (χ1v) is 11.8. The molecule has 0 heterocycles. The molecule has 34 heavy (non-hydrogen) atoms. The SMILES string of the molecule is CCCC(=O)Oc1ccc(C(C(C)C(C)OC(=O)CCC)[C@H](N)C(=O)O)cc1OC(=O)CCC. The fraction of sp³-hybridized carbons (Fsp3) is 0.600. The number of carboxylic acid groups (broad SMARTS) is 1. The second-order valence-corrected chi connectivity index (χ2v) is 8.35. The van der Waals surface area contributed by atoms with Gasteiger partial charge >= 0.3 is 23.9 Å². The molecule has 0 saturated carbocycles. The van der Waals surface area contributed by atoms with Gasteiger partial charge in [-0.3, -0.25) is 19.2 Å². The van der Waals surface area contributed by atoms with Crippen LogP contribution in [0, 0.1) is 5.92 Å². The van der Waals surface area contributed by atoms with Crippen molar-refractivity contribution in [3.8, 4) is 11.5 Å². The van der Waals surface area contributed by atoms with Gasteiger partial charge in [0, 0.05) is 31.1 Å². The number of carbonyl (C=O) groups is 4. The van der Waals surface area contributed by atoms with Crippen LogP contribution in [0.1, 0.15) is 84.6 Å². The van der Waals surface area contributed by atoms with Gasteiger partial charge < -0.3 is 25.1 Å². The number of carboxylic acids is 1. The van der Waals surface area contributed by atoms with Crippen LogP contribution in [0.4, 0.5) is 0 Å². The molecule has 190 valence electrons. The van der Waals surface area contributed by atoms with E-state index in [4.69, 9.17) is 19.9 Å². The Balaban J connectivity index is 3.41. The van der Waals surface area contributed by atoms with Crippen molar-refractivity contribution in [2.75, 3.05) is 0 Å². The zero-order chi connectivity index (χ0) is 25.8. The molecule has 0 saturated heterocycles.